The molecule has 0 aliphatic heterocycles. The van der Waals surface area contributed by atoms with Crippen molar-refractivity contribution < 1.29 is 4.79 Å². The first-order valence-electron chi connectivity index (χ1n) is 5.40. The molecule has 1 N–H and O–H groups in total. The van der Waals surface area contributed by atoms with Crippen LogP contribution in [-0.2, 0) is 4.79 Å². The second-order valence-electron chi connectivity index (χ2n) is 3.36. The molecule has 0 bridgehead atoms. The van der Waals surface area contributed by atoms with E-state index in [-0.39, 0.29) is 5.91 Å². The summed E-state index contributed by atoms with van der Waals surface area (Å²) in [5.74, 6) is 0.0724. The van der Waals surface area contributed by atoms with Crippen LogP contribution in [0.5, 0.6) is 0 Å². The fourth-order valence-electron chi connectivity index (χ4n) is 1.37. The summed E-state index contributed by atoms with van der Waals surface area (Å²) < 4.78 is 0. The van der Waals surface area contributed by atoms with Crippen LogP contribution in [-0.4, -0.2) is 12.5 Å². The van der Waals surface area contributed by atoms with Crippen molar-refractivity contribution in [3.8, 4) is 0 Å². The fraction of sp³-hybridized carbons (Fsp3) is 0.417. The number of nitrogens with one attached hydrogen (secondary N) is 1. The fourth-order valence-corrected chi connectivity index (χ4v) is 1.37. The number of rotatable bonds is 5. The molecule has 0 aliphatic rings. The predicted molar refractivity (Wildman–Crippen MR) is 62.5 cm³/mol. The third-order valence-corrected chi connectivity index (χ3v) is 2.12. The first-order valence-corrected chi connectivity index (χ1v) is 5.40. The zero-order valence-corrected chi connectivity index (χ0v) is 9.36. The van der Waals surface area contributed by atoms with E-state index in [4.69, 9.17) is 0 Å². The minimum Gasteiger partial charge on any atom is -0.286 e. The summed E-state index contributed by atoms with van der Waals surface area (Å²) in [5.41, 5.74) is 3.90. The summed E-state index contributed by atoms with van der Waals surface area (Å²) in [6.07, 6.45) is 1.45. The molecule has 0 saturated heterocycles. The molecule has 0 spiro atoms. The molecule has 15 heavy (non-hydrogen) atoms. The van der Waals surface area contributed by atoms with Crippen LogP contribution >= 0.6 is 0 Å². The van der Waals surface area contributed by atoms with E-state index in [0.29, 0.717) is 6.42 Å². The lowest BCUT2D eigenvalue weighted by Gasteiger charge is -2.23. The molecule has 3 heteroatoms. The molecule has 0 aliphatic carbocycles. The van der Waals surface area contributed by atoms with E-state index < -0.39 is 0 Å². The van der Waals surface area contributed by atoms with Crippen molar-refractivity contribution in [2.75, 3.05) is 11.6 Å². The van der Waals surface area contributed by atoms with E-state index in [1.54, 1.807) is 0 Å². The van der Waals surface area contributed by atoms with Crippen molar-refractivity contribution in [3.63, 3.8) is 0 Å². The van der Waals surface area contributed by atoms with Crippen molar-refractivity contribution in [3.05, 3.63) is 30.3 Å². The van der Waals surface area contributed by atoms with Gasteiger partial charge in [0.15, 0.2) is 0 Å². The molecular weight excluding hydrogens is 188 g/mol. The summed E-state index contributed by atoms with van der Waals surface area (Å²) in [6.45, 7) is 4.77. The minimum atomic E-state index is 0.0724. The van der Waals surface area contributed by atoms with E-state index in [1.807, 2.05) is 49.2 Å². The zero-order chi connectivity index (χ0) is 11.1. The summed E-state index contributed by atoms with van der Waals surface area (Å²) in [4.78, 5) is 11.4. The Hall–Kier alpha value is -1.51. The smallest absolute Gasteiger partial charge is 0.238 e. The molecule has 3 nitrogen and oxygen atoms in total. The van der Waals surface area contributed by atoms with Gasteiger partial charge in [-0.25, -0.2) is 0 Å². The molecule has 0 fully saturated rings. The highest BCUT2D eigenvalue weighted by Crippen LogP contribution is 2.10. The average molecular weight is 206 g/mol. The number of nitrogens with zero attached hydrogens (tertiary/aromatic N) is 1. The van der Waals surface area contributed by atoms with Crippen LogP contribution in [0, 0.1) is 0 Å². The maximum atomic E-state index is 11.4. The highest BCUT2D eigenvalue weighted by atomic mass is 16.2. The normalized spacial score (nSPS) is 9.73. The first-order chi connectivity index (χ1) is 7.27. The summed E-state index contributed by atoms with van der Waals surface area (Å²) >= 11 is 0. The lowest BCUT2D eigenvalue weighted by atomic mass is 10.3. The van der Waals surface area contributed by atoms with Crippen molar-refractivity contribution in [1.82, 2.24) is 5.43 Å². The van der Waals surface area contributed by atoms with E-state index in [9.17, 15) is 4.79 Å². The number of hydrogen-bond acceptors (Lipinski definition) is 2. The standard InChI is InChI=1S/C12H18N2O/c1-3-8-12(15)13-14(4-2)11-9-6-5-7-10-11/h5-7,9-10H,3-4,8H2,1-2H3,(H,13,15). The van der Waals surface area contributed by atoms with E-state index >= 15 is 0 Å². The van der Waals surface area contributed by atoms with E-state index in [1.165, 1.54) is 0 Å². The van der Waals surface area contributed by atoms with E-state index in [0.717, 1.165) is 18.7 Å². The van der Waals surface area contributed by atoms with Gasteiger partial charge in [-0.15, -0.1) is 0 Å². The highest BCUT2D eigenvalue weighted by molar-refractivity contribution is 5.77. The molecule has 1 aromatic carbocycles. The molecule has 0 saturated carbocycles. The number of para-hydroxylation sites is 1. The number of carbonyl (C=O) groups excluding carboxylic acids is 1. The summed E-state index contributed by atoms with van der Waals surface area (Å²) in [7, 11) is 0. The van der Waals surface area contributed by atoms with Gasteiger partial charge >= 0.3 is 0 Å². The summed E-state index contributed by atoms with van der Waals surface area (Å²) in [6, 6.07) is 9.85. The Labute approximate surface area is 91.1 Å². The Balaban J connectivity index is 2.61. The van der Waals surface area contributed by atoms with Gasteiger partial charge in [-0.2, -0.15) is 0 Å². The number of hydrogen-bond donors (Lipinski definition) is 1. The van der Waals surface area contributed by atoms with Crippen molar-refractivity contribution in [2.45, 2.75) is 26.7 Å². The number of carbonyl (C=O) groups is 1. The zero-order valence-electron chi connectivity index (χ0n) is 9.36. The average Bonchev–Trinajstić information content (AvgIpc) is 2.27. The largest absolute Gasteiger partial charge is 0.286 e. The quantitative estimate of drug-likeness (QED) is 0.750. The molecule has 1 aromatic rings. The number of benzene rings is 1. The van der Waals surface area contributed by atoms with Crippen LogP contribution in [0.4, 0.5) is 5.69 Å². The van der Waals surface area contributed by atoms with Gasteiger partial charge in [0, 0.05) is 13.0 Å². The Morgan fingerprint density at radius 2 is 1.93 bits per heavy atom. The van der Waals surface area contributed by atoms with Gasteiger partial charge in [0.05, 0.1) is 5.69 Å². The molecule has 0 heterocycles. The lowest BCUT2D eigenvalue weighted by Crippen LogP contribution is -2.42. The second kappa shape index (κ2) is 6.06. The third kappa shape index (κ3) is 3.62. The topological polar surface area (TPSA) is 32.3 Å². The van der Waals surface area contributed by atoms with Crippen LogP contribution in [0.25, 0.3) is 0 Å². The third-order valence-electron chi connectivity index (χ3n) is 2.12. The van der Waals surface area contributed by atoms with Gasteiger partial charge in [0.2, 0.25) is 5.91 Å². The Kier molecular flexibility index (Phi) is 4.68. The van der Waals surface area contributed by atoms with Crippen molar-refractivity contribution in [1.29, 1.82) is 0 Å². The molecular formula is C12H18N2O. The van der Waals surface area contributed by atoms with Crippen LogP contribution in [0.3, 0.4) is 0 Å². The van der Waals surface area contributed by atoms with Gasteiger partial charge in [0.1, 0.15) is 0 Å². The van der Waals surface area contributed by atoms with Crippen LogP contribution in [0.1, 0.15) is 26.7 Å². The lowest BCUT2D eigenvalue weighted by molar-refractivity contribution is -0.121. The van der Waals surface area contributed by atoms with Gasteiger partial charge in [0.25, 0.3) is 0 Å². The maximum absolute atomic E-state index is 11.4. The highest BCUT2D eigenvalue weighted by Gasteiger charge is 2.06. The Bertz CT molecular complexity index is 298. The number of anilines is 1. The number of amides is 1. The molecule has 1 rings (SSSR count). The van der Waals surface area contributed by atoms with Gasteiger partial charge < -0.3 is 0 Å². The first kappa shape index (κ1) is 11.6. The Morgan fingerprint density at radius 1 is 1.27 bits per heavy atom. The molecule has 1 amide bonds. The van der Waals surface area contributed by atoms with E-state index in [2.05, 4.69) is 5.43 Å². The Morgan fingerprint density at radius 3 is 2.47 bits per heavy atom. The maximum Gasteiger partial charge on any atom is 0.238 e. The molecule has 82 valence electrons. The van der Waals surface area contributed by atoms with Gasteiger partial charge in [-0.05, 0) is 25.5 Å². The van der Waals surface area contributed by atoms with Gasteiger partial charge in [-0.3, -0.25) is 15.2 Å². The monoisotopic (exact) mass is 206 g/mol. The second-order valence-corrected chi connectivity index (χ2v) is 3.36. The molecule has 0 unspecified atom stereocenters. The summed E-state index contributed by atoms with van der Waals surface area (Å²) in [5, 5.41) is 1.86. The van der Waals surface area contributed by atoms with Crippen molar-refractivity contribution in [2.24, 2.45) is 0 Å². The van der Waals surface area contributed by atoms with Gasteiger partial charge in [-0.1, -0.05) is 25.1 Å². The molecule has 0 radical (unpaired) electrons. The van der Waals surface area contributed by atoms with Crippen LogP contribution in [0.2, 0.25) is 0 Å². The van der Waals surface area contributed by atoms with Crippen LogP contribution < -0.4 is 10.4 Å². The minimum absolute atomic E-state index is 0.0724. The van der Waals surface area contributed by atoms with Crippen molar-refractivity contribution >= 4 is 11.6 Å². The predicted octanol–water partition coefficient (Wildman–Crippen LogP) is 2.34. The molecule has 0 atom stereocenters. The SMILES string of the molecule is CCCC(=O)NN(CC)c1ccccc1. The molecule has 0 aromatic heterocycles. The van der Waals surface area contributed by atoms with Crippen LogP contribution in [0.15, 0.2) is 30.3 Å². The number of hydrazine groups is 1.